The van der Waals surface area contributed by atoms with Gasteiger partial charge in [0.2, 0.25) is 11.9 Å². The van der Waals surface area contributed by atoms with Crippen LogP contribution in [0.4, 0.5) is 16.6 Å². The Balaban J connectivity index is 1.29. The summed E-state index contributed by atoms with van der Waals surface area (Å²) in [5, 5.41) is 3.36. The van der Waals surface area contributed by atoms with Crippen molar-refractivity contribution in [3.8, 4) is 0 Å². The van der Waals surface area contributed by atoms with E-state index in [1.54, 1.807) is 23.2 Å². The van der Waals surface area contributed by atoms with Crippen molar-refractivity contribution in [2.24, 2.45) is 5.92 Å². The predicted molar refractivity (Wildman–Crippen MR) is 153 cm³/mol. The molecule has 10 nitrogen and oxygen atoms in total. The smallest absolute Gasteiger partial charge is 0.415 e. The van der Waals surface area contributed by atoms with Gasteiger partial charge in [0.15, 0.2) is 0 Å². The van der Waals surface area contributed by atoms with Crippen molar-refractivity contribution in [3.63, 3.8) is 0 Å². The third-order valence-corrected chi connectivity index (χ3v) is 7.21. The summed E-state index contributed by atoms with van der Waals surface area (Å²) in [6.07, 6.45) is 4.90. The Morgan fingerprint density at radius 2 is 1.85 bits per heavy atom. The molecule has 2 aliphatic heterocycles. The molecule has 210 valence electrons. The average molecular weight is 536 g/mol. The van der Waals surface area contributed by atoms with Crippen LogP contribution in [-0.2, 0) is 16.1 Å². The van der Waals surface area contributed by atoms with E-state index in [-0.39, 0.29) is 30.0 Å². The van der Waals surface area contributed by atoms with E-state index >= 15 is 0 Å². The van der Waals surface area contributed by atoms with E-state index in [2.05, 4.69) is 65.2 Å². The zero-order valence-corrected chi connectivity index (χ0v) is 23.7. The van der Waals surface area contributed by atoms with Crippen molar-refractivity contribution in [2.45, 2.75) is 39.4 Å². The molecular weight excluding hydrogens is 494 g/mol. The number of ether oxygens (including phenoxy) is 1. The third-order valence-electron chi connectivity index (χ3n) is 7.21. The van der Waals surface area contributed by atoms with Crippen molar-refractivity contribution in [1.29, 1.82) is 0 Å². The van der Waals surface area contributed by atoms with Gasteiger partial charge in [-0.15, -0.1) is 0 Å². The van der Waals surface area contributed by atoms with Gasteiger partial charge < -0.3 is 19.9 Å². The summed E-state index contributed by atoms with van der Waals surface area (Å²) in [5.41, 5.74) is 2.36. The van der Waals surface area contributed by atoms with Gasteiger partial charge in [-0.05, 0) is 44.1 Å². The first-order valence-electron chi connectivity index (χ1n) is 13.7. The fourth-order valence-electron chi connectivity index (χ4n) is 4.79. The molecule has 0 radical (unpaired) electrons. The van der Waals surface area contributed by atoms with E-state index in [4.69, 9.17) is 4.74 Å². The molecule has 0 saturated carbocycles. The Hall–Kier alpha value is -3.50. The number of anilines is 2. The van der Waals surface area contributed by atoms with Crippen LogP contribution in [0.1, 0.15) is 37.9 Å². The van der Waals surface area contributed by atoms with Crippen molar-refractivity contribution < 1.29 is 14.3 Å². The second-order valence-corrected chi connectivity index (χ2v) is 10.9. The standard InChI is InChI=1S/C29H41N7O3/c1-21(2)25-20-39-29(38)36(25)26-12-13-30-28(32-26)31-22(3)24-10-8-23(9-11-24)19-34-15-17-35(18-16-34)27(37)7-6-14-33(4)5/h6-13,21-22,25H,14-20H2,1-5H3,(H,30,31,32)/b7-6+/t22?,25-/m1/s1. The zero-order chi connectivity index (χ0) is 27.9. The van der Waals surface area contributed by atoms with Crippen LogP contribution in [0.3, 0.4) is 0 Å². The molecule has 39 heavy (non-hydrogen) atoms. The van der Waals surface area contributed by atoms with Crippen molar-refractivity contribution in [2.75, 3.05) is 63.6 Å². The van der Waals surface area contributed by atoms with E-state index in [1.165, 1.54) is 5.56 Å². The average Bonchev–Trinajstić information content (AvgIpc) is 3.31. The lowest BCUT2D eigenvalue weighted by Crippen LogP contribution is -2.47. The molecule has 2 aliphatic rings. The van der Waals surface area contributed by atoms with Crippen molar-refractivity contribution in [3.05, 3.63) is 59.8 Å². The van der Waals surface area contributed by atoms with Gasteiger partial charge in [-0.3, -0.25) is 14.6 Å². The van der Waals surface area contributed by atoms with Crippen LogP contribution in [0, 0.1) is 5.92 Å². The Morgan fingerprint density at radius 3 is 2.51 bits per heavy atom. The van der Waals surface area contributed by atoms with Crippen molar-refractivity contribution in [1.82, 2.24) is 24.7 Å². The summed E-state index contributed by atoms with van der Waals surface area (Å²) in [4.78, 5) is 41.6. The Morgan fingerprint density at radius 1 is 1.13 bits per heavy atom. The number of likely N-dealkylation sites (N-methyl/N-ethyl adjacent to an activating group) is 1. The number of carbonyl (C=O) groups excluding carboxylic acids is 2. The molecule has 1 aromatic heterocycles. The Labute approximate surface area is 231 Å². The highest BCUT2D eigenvalue weighted by atomic mass is 16.6. The minimum atomic E-state index is -0.369. The lowest BCUT2D eigenvalue weighted by molar-refractivity contribution is -0.127. The number of nitrogens with one attached hydrogen (secondary N) is 1. The summed E-state index contributed by atoms with van der Waals surface area (Å²) >= 11 is 0. The van der Waals surface area contributed by atoms with Crippen molar-refractivity contribution >= 4 is 23.8 Å². The number of amides is 2. The molecule has 1 N–H and O–H groups in total. The number of rotatable bonds is 10. The number of benzene rings is 1. The minimum Gasteiger partial charge on any atom is -0.447 e. The van der Waals surface area contributed by atoms with Gasteiger partial charge >= 0.3 is 6.09 Å². The topological polar surface area (TPSA) is 94.1 Å². The number of hydrogen-bond donors (Lipinski definition) is 1. The molecule has 10 heteroatoms. The second kappa shape index (κ2) is 13.0. The molecular formula is C29H41N7O3. The maximum atomic E-state index is 12.4. The molecule has 2 fully saturated rings. The quantitative estimate of drug-likeness (QED) is 0.463. The van der Waals surface area contributed by atoms with Gasteiger partial charge in [0.05, 0.1) is 12.1 Å². The normalized spacial score (nSPS) is 19.3. The maximum Gasteiger partial charge on any atom is 0.415 e. The molecule has 2 atom stereocenters. The minimum absolute atomic E-state index is 0.0177. The first kappa shape index (κ1) is 28.5. The van der Waals surface area contributed by atoms with Gasteiger partial charge in [0.25, 0.3) is 0 Å². The Bertz CT molecular complexity index is 1140. The summed E-state index contributed by atoms with van der Waals surface area (Å²) in [5.74, 6) is 1.36. The number of aromatic nitrogens is 2. The fourth-order valence-corrected chi connectivity index (χ4v) is 4.79. The summed E-state index contributed by atoms with van der Waals surface area (Å²) in [6.45, 7) is 11.4. The lowest BCUT2D eigenvalue weighted by atomic mass is 10.0. The molecule has 0 aliphatic carbocycles. The van der Waals surface area contributed by atoms with Gasteiger partial charge in [0.1, 0.15) is 12.4 Å². The van der Waals surface area contributed by atoms with Crippen LogP contribution in [0.25, 0.3) is 0 Å². The van der Waals surface area contributed by atoms with Crippen LogP contribution in [0.5, 0.6) is 0 Å². The van der Waals surface area contributed by atoms with Crippen LogP contribution in [0.2, 0.25) is 0 Å². The fraction of sp³-hybridized carbons (Fsp3) is 0.517. The zero-order valence-electron chi connectivity index (χ0n) is 23.7. The van der Waals surface area contributed by atoms with E-state index in [0.29, 0.717) is 18.4 Å². The third kappa shape index (κ3) is 7.54. The summed E-state index contributed by atoms with van der Waals surface area (Å²) in [6, 6.07) is 10.2. The molecule has 1 aromatic carbocycles. The molecule has 2 aromatic rings. The molecule has 2 amide bonds. The Kier molecular flexibility index (Phi) is 9.53. The van der Waals surface area contributed by atoms with Crippen LogP contribution < -0.4 is 10.2 Å². The van der Waals surface area contributed by atoms with Crippen LogP contribution in [-0.4, -0.2) is 96.1 Å². The highest BCUT2D eigenvalue weighted by Gasteiger charge is 2.37. The number of nitrogens with zero attached hydrogens (tertiary/aromatic N) is 6. The molecule has 3 heterocycles. The van der Waals surface area contributed by atoms with Gasteiger partial charge in [0, 0.05) is 51.5 Å². The largest absolute Gasteiger partial charge is 0.447 e. The number of hydrogen-bond acceptors (Lipinski definition) is 8. The van der Waals surface area contributed by atoms with Gasteiger partial charge in [-0.25, -0.2) is 9.78 Å². The summed E-state index contributed by atoms with van der Waals surface area (Å²) in [7, 11) is 3.98. The monoisotopic (exact) mass is 535 g/mol. The molecule has 4 rings (SSSR count). The first-order valence-corrected chi connectivity index (χ1v) is 13.7. The molecule has 0 bridgehead atoms. The lowest BCUT2D eigenvalue weighted by Gasteiger charge is -2.34. The first-order chi connectivity index (χ1) is 18.7. The van der Waals surface area contributed by atoms with E-state index in [9.17, 15) is 9.59 Å². The highest BCUT2D eigenvalue weighted by Crippen LogP contribution is 2.27. The molecule has 0 spiro atoms. The summed E-state index contributed by atoms with van der Waals surface area (Å²) < 4.78 is 5.27. The highest BCUT2D eigenvalue weighted by molar-refractivity contribution is 5.89. The second-order valence-electron chi connectivity index (χ2n) is 10.9. The van der Waals surface area contributed by atoms with E-state index < -0.39 is 0 Å². The predicted octanol–water partition coefficient (Wildman–Crippen LogP) is 3.39. The number of carbonyl (C=O) groups is 2. The molecule has 2 saturated heterocycles. The molecule has 1 unspecified atom stereocenters. The number of cyclic esters (lactones) is 1. The number of piperazine rings is 1. The van der Waals surface area contributed by atoms with Gasteiger partial charge in [-0.1, -0.05) is 44.2 Å². The van der Waals surface area contributed by atoms with Crippen LogP contribution in [0.15, 0.2) is 48.7 Å². The van der Waals surface area contributed by atoms with Crippen LogP contribution >= 0.6 is 0 Å². The van der Waals surface area contributed by atoms with E-state index in [1.807, 2.05) is 30.0 Å². The SMILES string of the molecule is CC(Nc1nccc(N2C(=O)OC[C@@H]2C(C)C)n1)c1ccc(CN2CCN(C(=O)/C=C/CN(C)C)CC2)cc1. The van der Waals surface area contributed by atoms with Gasteiger partial charge in [-0.2, -0.15) is 4.98 Å². The van der Waals surface area contributed by atoms with E-state index in [0.717, 1.165) is 44.8 Å². The maximum absolute atomic E-state index is 12.4.